The fraction of sp³-hybridized carbons (Fsp3) is 0.174. The highest BCUT2D eigenvalue weighted by molar-refractivity contribution is 7.93. The van der Waals surface area contributed by atoms with E-state index in [0.717, 1.165) is 15.9 Å². The zero-order valence-corrected chi connectivity index (χ0v) is 17.6. The molecule has 0 spiro atoms. The molecule has 6 nitrogen and oxygen atoms in total. The zero-order valence-electron chi connectivity index (χ0n) is 16.8. The number of hydrogen-bond acceptors (Lipinski definition) is 4. The molecule has 0 unspecified atom stereocenters. The largest absolute Gasteiger partial charge is 0.508 e. The van der Waals surface area contributed by atoms with Gasteiger partial charge in [0.15, 0.2) is 0 Å². The highest BCUT2D eigenvalue weighted by Gasteiger charge is 2.43. The fourth-order valence-electron chi connectivity index (χ4n) is 3.77. The van der Waals surface area contributed by atoms with Crippen molar-refractivity contribution in [2.75, 3.05) is 9.21 Å². The highest BCUT2D eigenvalue weighted by atomic mass is 32.2. The molecule has 1 aliphatic heterocycles. The SMILES string of the molecule is CC[C@H]1C(=O)N(Cc2ccccc2)c2ccc(F)cc2N1S(=O)(=O)c1ccc(O)cc1. The number of amides is 1. The first-order valence-electron chi connectivity index (χ1n) is 9.81. The van der Waals surface area contributed by atoms with Crippen LogP contribution in [0.3, 0.4) is 0 Å². The highest BCUT2D eigenvalue weighted by Crippen LogP contribution is 2.41. The number of phenols is 1. The van der Waals surface area contributed by atoms with Crippen molar-refractivity contribution in [3.05, 3.63) is 84.2 Å². The molecule has 8 heteroatoms. The van der Waals surface area contributed by atoms with Gasteiger partial charge in [0.05, 0.1) is 22.8 Å². The van der Waals surface area contributed by atoms with Gasteiger partial charge in [-0.05, 0) is 48.4 Å². The molecule has 3 aromatic rings. The summed E-state index contributed by atoms with van der Waals surface area (Å²) in [4.78, 5) is 14.8. The Morgan fingerprint density at radius 2 is 1.65 bits per heavy atom. The molecule has 0 radical (unpaired) electrons. The molecule has 1 N–H and O–H groups in total. The van der Waals surface area contributed by atoms with Gasteiger partial charge in [-0.25, -0.2) is 12.8 Å². The molecule has 0 fully saturated rings. The van der Waals surface area contributed by atoms with E-state index in [1.807, 2.05) is 30.3 Å². The third-order valence-corrected chi connectivity index (χ3v) is 7.10. The standard InChI is InChI=1S/C23H21FN2O4S/c1-2-20-23(28)25(15-16-6-4-3-5-7-16)21-13-8-17(24)14-22(21)26(20)31(29,30)19-11-9-18(27)10-12-19/h3-14,20,27H,2,15H2,1H3/t20-/m0/s1. The molecule has 1 atom stereocenters. The van der Waals surface area contributed by atoms with Gasteiger partial charge in [0.2, 0.25) is 0 Å². The van der Waals surface area contributed by atoms with Crippen molar-refractivity contribution >= 4 is 27.3 Å². The second-order valence-electron chi connectivity index (χ2n) is 7.26. The second-order valence-corrected chi connectivity index (χ2v) is 9.08. The Labute approximate surface area is 180 Å². The number of hydrogen-bond donors (Lipinski definition) is 1. The lowest BCUT2D eigenvalue weighted by molar-refractivity contribution is -0.120. The van der Waals surface area contributed by atoms with Crippen LogP contribution in [0.4, 0.5) is 15.8 Å². The predicted molar refractivity (Wildman–Crippen MR) is 116 cm³/mol. The third kappa shape index (κ3) is 3.74. The summed E-state index contributed by atoms with van der Waals surface area (Å²) in [7, 11) is -4.19. The minimum atomic E-state index is -4.19. The van der Waals surface area contributed by atoms with E-state index in [1.165, 1.54) is 41.3 Å². The molecule has 3 aromatic carbocycles. The number of nitrogens with zero attached hydrogens (tertiary/aromatic N) is 2. The van der Waals surface area contributed by atoms with E-state index in [4.69, 9.17) is 0 Å². The molecule has 0 aromatic heterocycles. The number of anilines is 2. The lowest BCUT2D eigenvalue weighted by Gasteiger charge is -2.41. The van der Waals surface area contributed by atoms with Crippen molar-refractivity contribution in [1.29, 1.82) is 0 Å². The number of phenolic OH excluding ortho intramolecular Hbond substituents is 1. The summed E-state index contributed by atoms with van der Waals surface area (Å²) in [6, 6.07) is 17.1. The van der Waals surface area contributed by atoms with Crippen molar-refractivity contribution in [1.82, 2.24) is 0 Å². The first-order valence-corrected chi connectivity index (χ1v) is 11.2. The number of benzene rings is 3. The average Bonchev–Trinajstić information content (AvgIpc) is 2.76. The Hall–Kier alpha value is -3.39. The van der Waals surface area contributed by atoms with Crippen LogP contribution < -0.4 is 9.21 Å². The van der Waals surface area contributed by atoms with Crippen molar-refractivity contribution in [3.8, 4) is 5.75 Å². The van der Waals surface area contributed by atoms with Crippen LogP contribution in [0, 0.1) is 5.82 Å². The van der Waals surface area contributed by atoms with Gasteiger partial charge in [0.1, 0.15) is 17.6 Å². The van der Waals surface area contributed by atoms with Crippen LogP contribution in [0.15, 0.2) is 77.7 Å². The Kier molecular flexibility index (Phi) is 5.41. The summed E-state index contributed by atoms with van der Waals surface area (Å²) in [5, 5.41) is 9.52. The fourth-order valence-corrected chi connectivity index (χ4v) is 5.45. The number of carbonyl (C=O) groups is 1. The van der Waals surface area contributed by atoms with E-state index < -0.39 is 21.9 Å². The summed E-state index contributed by atoms with van der Waals surface area (Å²) in [5.41, 5.74) is 1.30. The van der Waals surface area contributed by atoms with Gasteiger partial charge in [0, 0.05) is 6.07 Å². The van der Waals surface area contributed by atoms with Crippen molar-refractivity contribution in [2.45, 2.75) is 30.8 Å². The third-order valence-electron chi connectivity index (χ3n) is 5.26. The number of sulfonamides is 1. The van der Waals surface area contributed by atoms with Crippen LogP contribution >= 0.6 is 0 Å². The second kappa shape index (κ2) is 8.03. The monoisotopic (exact) mass is 440 g/mol. The van der Waals surface area contributed by atoms with E-state index in [2.05, 4.69) is 0 Å². The average molecular weight is 440 g/mol. The Bertz CT molecular complexity index is 1210. The van der Waals surface area contributed by atoms with E-state index >= 15 is 0 Å². The summed E-state index contributed by atoms with van der Waals surface area (Å²) in [5.74, 6) is -1.07. The van der Waals surface area contributed by atoms with E-state index in [0.29, 0.717) is 5.69 Å². The summed E-state index contributed by atoms with van der Waals surface area (Å²) >= 11 is 0. The molecule has 0 aliphatic carbocycles. The summed E-state index contributed by atoms with van der Waals surface area (Å²) in [6.45, 7) is 1.95. The van der Waals surface area contributed by atoms with Crippen LogP contribution in [0.25, 0.3) is 0 Å². The minimum absolute atomic E-state index is 0.0822. The number of fused-ring (bicyclic) bond motifs is 1. The van der Waals surface area contributed by atoms with Crippen molar-refractivity contribution in [2.24, 2.45) is 0 Å². The maximum absolute atomic E-state index is 14.2. The minimum Gasteiger partial charge on any atom is -0.508 e. The molecule has 1 heterocycles. The maximum atomic E-state index is 14.2. The molecule has 1 amide bonds. The van der Waals surface area contributed by atoms with E-state index in [-0.39, 0.29) is 35.2 Å². The predicted octanol–water partition coefficient (Wildman–Crippen LogP) is 4.05. The molecule has 0 saturated carbocycles. The van der Waals surface area contributed by atoms with E-state index in [1.54, 1.807) is 6.92 Å². The molecular formula is C23H21FN2O4S. The van der Waals surface area contributed by atoms with Crippen LogP contribution in [0.2, 0.25) is 0 Å². The molecule has 1 aliphatic rings. The normalized spacial score (nSPS) is 16.3. The Morgan fingerprint density at radius 1 is 0.968 bits per heavy atom. The molecular weight excluding hydrogens is 419 g/mol. The smallest absolute Gasteiger partial charge is 0.265 e. The van der Waals surface area contributed by atoms with Gasteiger partial charge in [0.25, 0.3) is 15.9 Å². The van der Waals surface area contributed by atoms with Gasteiger partial charge < -0.3 is 10.0 Å². The van der Waals surface area contributed by atoms with Crippen molar-refractivity contribution < 1.29 is 22.7 Å². The summed E-state index contributed by atoms with van der Waals surface area (Å²) in [6.07, 6.45) is 0.206. The van der Waals surface area contributed by atoms with Gasteiger partial charge >= 0.3 is 0 Å². The Balaban J connectivity index is 1.87. The zero-order chi connectivity index (χ0) is 22.2. The molecule has 31 heavy (non-hydrogen) atoms. The number of rotatable bonds is 5. The molecule has 0 bridgehead atoms. The van der Waals surface area contributed by atoms with Crippen LogP contribution in [-0.2, 0) is 21.4 Å². The lowest BCUT2D eigenvalue weighted by atomic mass is 10.1. The van der Waals surface area contributed by atoms with Crippen LogP contribution in [-0.4, -0.2) is 25.5 Å². The Morgan fingerprint density at radius 3 is 2.29 bits per heavy atom. The van der Waals surface area contributed by atoms with Gasteiger partial charge in [-0.15, -0.1) is 0 Å². The first kappa shape index (κ1) is 20.9. The first-order chi connectivity index (χ1) is 14.8. The number of aromatic hydroxyl groups is 1. The number of carbonyl (C=O) groups excluding carboxylic acids is 1. The van der Waals surface area contributed by atoms with Gasteiger partial charge in [-0.2, -0.15) is 0 Å². The maximum Gasteiger partial charge on any atom is 0.265 e. The summed E-state index contributed by atoms with van der Waals surface area (Å²) < 4.78 is 42.2. The van der Waals surface area contributed by atoms with Gasteiger partial charge in [-0.3, -0.25) is 9.10 Å². The van der Waals surface area contributed by atoms with Gasteiger partial charge in [-0.1, -0.05) is 37.3 Å². The molecule has 160 valence electrons. The molecule has 0 saturated heterocycles. The van der Waals surface area contributed by atoms with Crippen molar-refractivity contribution in [3.63, 3.8) is 0 Å². The van der Waals surface area contributed by atoms with Crippen LogP contribution in [0.5, 0.6) is 5.75 Å². The molecule has 4 rings (SSSR count). The lowest BCUT2D eigenvalue weighted by Crippen LogP contribution is -2.55. The quantitative estimate of drug-likeness (QED) is 0.649. The number of halogens is 1. The van der Waals surface area contributed by atoms with E-state index in [9.17, 15) is 22.7 Å². The topological polar surface area (TPSA) is 77.9 Å². The van der Waals surface area contributed by atoms with Crippen LogP contribution in [0.1, 0.15) is 18.9 Å².